The molecule has 2 nitrogen and oxygen atoms in total. The molecule has 0 aliphatic rings. The molecule has 1 amide bonds. The zero-order chi connectivity index (χ0) is 14.9. The fourth-order valence-electron chi connectivity index (χ4n) is 1.77. The maximum Gasteiger partial charge on any atom is 0.256 e. The molecule has 2 rings (SSSR count). The van der Waals surface area contributed by atoms with E-state index in [-0.39, 0.29) is 5.91 Å². The van der Waals surface area contributed by atoms with Gasteiger partial charge in [-0.15, -0.1) is 0 Å². The highest BCUT2D eigenvalue weighted by Crippen LogP contribution is 2.25. The van der Waals surface area contributed by atoms with E-state index in [0.717, 1.165) is 11.1 Å². The Labute approximate surface area is 133 Å². The normalized spacial score (nSPS) is 10.4. The number of nitrogens with one attached hydrogen (secondary N) is 1. The van der Waals surface area contributed by atoms with Crippen LogP contribution in [0.2, 0.25) is 0 Å². The van der Waals surface area contributed by atoms with E-state index in [1.165, 1.54) is 6.07 Å². The summed E-state index contributed by atoms with van der Waals surface area (Å²) in [6.45, 7) is 3.75. The third kappa shape index (κ3) is 3.27. The van der Waals surface area contributed by atoms with Gasteiger partial charge >= 0.3 is 0 Å². The lowest BCUT2D eigenvalue weighted by atomic mass is 10.1. The number of hydrogen-bond acceptors (Lipinski definition) is 1. The van der Waals surface area contributed by atoms with Gasteiger partial charge in [-0.25, -0.2) is 4.39 Å². The molecule has 0 aliphatic carbocycles. The van der Waals surface area contributed by atoms with E-state index in [1.807, 2.05) is 26.0 Å². The minimum atomic E-state index is -0.408. The molecule has 0 aliphatic heterocycles. The van der Waals surface area contributed by atoms with E-state index in [4.69, 9.17) is 0 Å². The van der Waals surface area contributed by atoms with Crippen molar-refractivity contribution in [2.24, 2.45) is 0 Å². The van der Waals surface area contributed by atoms with Gasteiger partial charge in [-0.3, -0.25) is 4.79 Å². The summed E-state index contributed by atoms with van der Waals surface area (Å²) in [5, 5.41) is 2.73. The number of rotatable bonds is 2. The Morgan fingerprint density at radius 2 is 1.80 bits per heavy atom. The van der Waals surface area contributed by atoms with E-state index in [9.17, 15) is 9.18 Å². The molecule has 0 unspecified atom stereocenters. The number of benzene rings is 2. The van der Waals surface area contributed by atoms with E-state index < -0.39 is 5.82 Å². The van der Waals surface area contributed by atoms with Crippen LogP contribution in [0.5, 0.6) is 0 Å². The molecule has 0 heterocycles. The first kappa shape index (κ1) is 15.2. The Hall–Kier alpha value is -1.20. The number of halogens is 3. The largest absolute Gasteiger partial charge is 0.322 e. The van der Waals surface area contributed by atoms with Crippen LogP contribution in [0.4, 0.5) is 10.1 Å². The molecular formula is C15H12Br2FNO. The van der Waals surface area contributed by atoms with Crippen molar-refractivity contribution in [3.8, 4) is 0 Å². The second kappa shape index (κ2) is 6.06. The minimum Gasteiger partial charge on any atom is -0.322 e. The number of carbonyl (C=O) groups is 1. The lowest BCUT2D eigenvalue weighted by molar-refractivity contribution is 0.102. The van der Waals surface area contributed by atoms with Crippen molar-refractivity contribution < 1.29 is 9.18 Å². The van der Waals surface area contributed by atoms with Crippen LogP contribution in [-0.4, -0.2) is 5.91 Å². The highest BCUT2D eigenvalue weighted by Gasteiger charge is 2.13. The van der Waals surface area contributed by atoms with Gasteiger partial charge in [0.15, 0.2) is 0 Å². The number of anilines is 1. The molecule has 0 radical (unpaired) electrons. The molecule has 0 bridgehead atoms. The smallest absolute Gasteiger partial charge is 0.256 e. The summed E-state index contributed by atoms with van der Waals surface area (Å²) < 4.78 is 14.6. The Balaban J connectivity index is 2.30. The number of hydrogen-bond donors (Lipinski definition) is 1. The van der Waals surface area contributed by atoms with Crippen LogP contribution < -0.4 is 5.32 Å². The van der Waals surface area contributed by atoms with Crippen LogP contribution in [-0.2, 0) is 0 Å². The molecule has 0 fully saturated rings. The highest BCUT2D eigenvalue weighted by molar-refractivity contribution is 9.10. The van der Waals surface area contributed by atoms with Crippen molar-refractivity contribution in [1.82, 2.24) is 0 Å². The Morgan fingerprint density at radius 3 is 2.45 bits per heavy atom. The predicted octanol–water partition coefficient (Wildman–Crippen LogP) is 5.22. The monoisotopic (exact) mass is 399 g/mol. The van der Waals surface area contributed by atoms with Gasteiger partial charge in [-0.2, -0.15) is 0 Å². The third-order valence-corrected chi connectivity index (χ3v) is 4.15. The Morgan fingerprint density at radius 1 is 1.10 bits per heavy atom. The van der Waals surface area contributed by atoms with Crippen molar-refractivity contribution in [2.45, 2.75) is 13.8 Å². The van der Waals surface area contributed by atoms with Crippen LogP contribution in [0, 0.1) is 19.7 Å². The second-order valence-electron chi connectivity index (χ2n) is 4.52. The van der Waals surface area contributed by atoms with E-state index in [0.29, 0.717) is 20.2 Å². The molecule has 5 heteroatoms. The SMILES string of the molecule is Cc1ccc(C(=O)Nc2cc(F)c(Br)cc2C)c(Br)c1. The summed E-state index contributed by atoms with van der Waals surface area (Å²) in [5.41, 5.74) is 2.82. The molecule has 0 aromatic heterocycles. The summed E-state index contributed by atoms with van der Waals surface area (Å²) in [6, 6.07) is 8.40. The maximum absolute atomic E-state index is 13.5. The fourth-order valence-corrected chi connectivity index (χ4v) is 2.91. The Kier molecular flexibility index (Phi) is 4.60. The molecule has 0 spiro atoms. The average Bonchev–Trinajstić information content (AvgIpc) is 2.35. The van der Waals surface area contributed by atoms with Crippen LogP contribution in [0.1, 0.15) is 21.5 Å². The molecule has 0 atom stereocenters. The summed E-state index contributed by atoms with van der Waals surface area (Å²) >= 11 is 6.48. The molecular weight excluding hydrogens is 389 g/mol. The van der Waals surface area contributed by atoms with Crippen molar-refractivity contribution in [1.29, 1.82) is 0 Å². The van der Waals surface area contributed by atoms with E-state index in [2.05, 4.69) is 37.2 Å². The number of carbonyl (C=O) groups excluding carboxylic acids is 1. The van der Waals surface area contributed by atoms with Crippen LogP contribution in [0.3, 0.4) is 0 Å². The molecule has 0 saturated heterocycles. The first-order valence-corrected chi connectivity index (χ1v) is 7.50. The highest BCUT2D eigenvalue weighted by atomic mass is 79.9. The van der Waals surface area contributed by atoms with E-state index in [1.54, 1.807) is 12.1 Å². The topological polar surface area (TPSA) is 29.1 Å². The molecule has 1 N–H and O–H groups in total. The first-order valence-electron chi connectivity index (χ1n) is 5.91. The fraction of sp³-hybridized carbons (Fsp3) is 0.133. The lowest BCUT2D eigenvalue weighted by Crippen LogP contribution is -2.13. The zero-order valence-corrected chi connectivity index (χ0v) is 14.1. The summed E-state index contributed by atoms with van der Waals surface area (Å²) in [5.74, 6) is -0.685. The van der Waals surface area contributed by atoms with Gasteiger partial charge in [-0.05, 0) is 81.1 Å². The van der Waals surface area contributed by atoms with Crippen LogP contribution >= 0.6 is 31.9 Å². The van der Waals surface area contributed by atoms with Crippen molar-refractivity contribution in [2.75, 3.05) is 5.32 Å². The third-order valence-electron chi connectivity index (χ3n) is 2.88. The summed E-state index contributed by atoms with van der Waals surface area (Å²) in [4.78, 5) is 12.2. The van der Waals surface area contributed by atoms with E-state index >= 15 is 0 Å². The number of amides is 1. The standard InChI is InChI=1S/C15H12Br2FNO/c1-8-3-4-10(11(16)5-8)15(20)19-14-7-13(18)12(17)6-9(14)2/h3-7H,1-2H3,(H,19,20). The van der Waals surface area contributed by atoms with Crippen molar-refractivity contribution in [3.05, 3.63) is 61.8 Å². The van der Waals surface area contributed by atoms with Crippen LogP contribution in [0.15, 0.2) is 39.3 Å². The predicted molar refractivity (Wildman–Crippen MR) is 85.7 cm³/mol. The molecule has 104 valence electrons. The minimum absolute atomic E-state index is 0.276. The van der Waals surface area contributed by atoms with Gasteiger partial charge in [-0.1, -0.05) is 6.07 Å². The molecule has 20 heavy (non-hydrogen) atoms. The van der Waals surface area contributed by atoms with Gasteiger partial charge in [0.05, 0.1) is 10.0 Å². The first-order chi connectivity index (χ1) is 9.38. The van der Waals surface area contributed by atoms with Gasteiger partial charge in [0.25, 0.3) is 5.91 Å². The van der Waals surface area contributed by atoms with Gasteiger partial charge in [0.2, 0.25) is 0 Å². The second-order valence-corrected chi connectivity index (χ2v) is 6.23. The summed E-state index contributed by atoms with van der Waals surface area (Å²) in [7, 11) is 0. The quantitative estimate of drug-likeness (QED) is 0.735. The van der Waals surface area contributed by atoms with Crippen molar-refractivity contribution in [3.63, 3.8) is 0 Å². The van der Waals surface area contributed by atoms with Gasteiger partial charge in [0.1, 0.15) is 5.82 Å². The zero-order valence-electron chi connectivity index (χ0n) is 10.9. The lowest BCUT2D eigenvalue weighted by Gasteiger charge is -2.11. The summed E-state index contributed by atoms with van der Waals surface area (Å²) in [6.07, 6.45) is 0. The molecule has 2 aromatic rings. The average molecular weight is 401 g/mol. The Bertz CT molecular complexity index is 686. The van der Waals surface area contributed by atoms with Gasteiger partial charge in [0, 0.05) is 10.2 Å². The van der Waals surface area contributed by atoms with Crippen LogP contribution in [0.25, 0.3) is 0 Å². The van der Waals surface area contributed by atoms with Gasteiger partial charge < -0.3 is 5.32 Å². The molecule has 2 aromatic carbocycles. The maximum atomic E-state index is 13.5. The van der Waals surface area contributed by atoms with Crippen molar-refractivity contribution >= 4 is 43.5 Å². The number of aryl methyl sites for hydroxylation is 2. The molecule has 0 saturated carbocycles.